The first kappa shape index (κ1) is 15.8. The molecule has 3 rings (SSSR count). The van der Waals surface area contributed by atoms with Gasteiger partial charge in [0.2, 0.25) is 0 Å². The van der Waals surface area contributed by atoms with E-state index in [2.05, 4.69) is 26.2 Å². The lowest BCUT2D eigenvalue weighted by Gasteiger charge is -2.04. The maximum Gasteiger partial charge on any atom is 0.108 e. The van der Waals surface area contributed by atoms with E-state index in [1.54, 1.807) is 11.8 Å². The van der Waals surface area contributed by atoms with Crippen molar-refractivity contribution < 1.29 is 5.21 Å². The maximum atomic E-state index is 9.04. The van der Waals surface area contributed by atoms with E-state index in [1.165, 1.54) is 6.21 Å². The summed E-state index contributed by atoms with van der Waals surface area (Å²) in [4.78, 5) is 1.09. The van der Waals surface area contributed by atoms with Gasteiger partial charge in [-0.2, -0.15) is 5.10 Å². The number of hydrogen-bond acceptors (Lipinski definition) is 4. The minimum absolute atomic E-state index is 0.797. The Kier molecular flexibility index (Phi) is 4.83. The summed E-state index contributed by atoms with van der Waals surface area (Å²) in [5.41, 5.74) is 2.58. The largest absolute Gasteiger partial charge is 0.411 e. The molecule has 0 atom stereocenters. The molecule has 2 aromatic carbocycles. The second kappa shape index (κ2) is 7.02. The fourth-order valence-electron chi connectivity index (χ4n) is 2.24. The Morgan fingerprint density at radius 1 is 1.13 bits per heavy atom. The van der Waals surface area contributed by atoms with Crippen molar-refractivity contribution in [2.24, 2.45) is 12.2 Å². The topological polar surface area (TPSA) is 50.4 Å². The smallest absolute Gasteiger partial charge is 0.108 e. The Morgan fingerprint density at radius 3 is 2.48 bits per heavy atom. The Bertz CT molecular complexity index is 829. The van der Waals surface area contributed by atoms with E-state index >= 15 is 0 Å². The third-order valence-corrected chi connectivity index (χ3v) is 5.01. The number of nitrogens with zero attached hydrogens (tertiary/aromatic N) is 3. The molecule has 0 amide bonds. The summed E-state index contributed by atoms with van der Waals surface area (Å²) in [7, 11) is 1.89. The van der Waals surface area contributed by atoms with Crippen LogP contribution in [0.25, 0.3) is 11.3 Å². The van der Waals surface area contributed by atoms with Crippen molar-refractivity contribution in [1.29, 1.82) is 0 Å². The van der Waals surface area contributed by atoms with Crippen molar-refractivity contribution in [2.75, 3.05) is 0 Å². The number of oxime groups is 1. The van der Waals surface area contributed by atoms with Crippen molar-refractivity contribution >= 4 is 33.9 Å². The Balaban J connectivity index is 2.06. The molecule has 0 bridgehead atoms. The first-order valence-corrected chi connectivity index (χ1v) is 8.53. The summed E-state index contributed by atoms with van der Waals surface area (Å²) in [6, 6.07) is 17.9. The lowest BCUT2D eigenvalue weighted by atomic mass is 10.1. The minimum Gasteiger partial charge on any atom is -0.411 e. The van der Waals surface area contributed by atoms with Crippen LogP contribution in [0.1, 0.15) is 5.56 Å². The van der Waals surface area contributed by atoms with Crippen molar-refractivity contribution in [1.82, 2.24) is 9.78 Å². The highest BCUT2D eigenvalue weighted by molar-refractivity contribution is 9.10. The quantitative estimate of drug-likeness (QED) is 0.397. The third kappa shape index (κ3) is 3.48. The van der Waals surface area contributed by atoms with Gasteiger partial charge < -0.3 is 5.21 Å². The van der Waals surface area contributed by atoms with Gasteiger partial charge in [-0.15, -0.1) is 0 Å². The van der Waals surface area contributed by atoms with Gasteiger partial charge in [0.15, 0.2) is 0 Å². The van der Waals surface area contributed by atoms with Crippen LogP contribution in [0.3, 0.4) is 0 Å². The second-order valence-electron chi connectivity index (χ2n) is 4.86. The van der Waals surface area contributed by atoms with Gasteiger partial charge in [0, 0.05) is 22.0 Å². The molecule has 1 aromatic heterocycles. The molecule has 0 saturated carbocycles. The lowest BCUT2D eigenvalue weighted by molar-refractivity contribution is 0.321. The highest BCUT2D eigenvalue weighted by Gasteiger charge is 2.17. The summed E-state index contributed by atoms with van der Waals surface area (Å²) in [6.07, 6.45) is 1.44. The zero-order chi connectivity index (χ0) is 16.2. The van der Waals surface area contributed by atoms with Crippen LogP contribution in [-0.4, -0.2) is 21.2 Å². The van der Waals surface area contributed by atoms with Gasteiger partial charge in [0.1, 0.15) is 10.7 Å². The predicted octanol–water partition coefficient (Wildman–Crippen LogP) is 4.81. The van der Waals surface area contributed by atoms with E-state index < -0.39 is 0 Å². The van der Waals surface area contributed by atoms with Gasteiger partial charge in [-0.25, -0.2) is 0 Å². The molecule has 116 valence electrons. The average Bonchev–Trinajstić information content (AvgIpc) is 2.87. The zero-order valence-electron chi connectivity index (χ0n) is 12.3. The summed E-state index contributed by atoms with van der Waals surface area (Å²) >= 11 is 5.02. The number of halogens is 1. The van der Waals surface area contributed by atoms with E-state index in [0.29, 0.717) is 0 Å². The molecule has 1 heterocycles. The first-order valence-electron chi connectivity index (χ1n) is 6.92. The van der Waals surface area contributed by atoms with Crippen LogP contribution >= 0.6 is 27.7 Å². The van der Waals surface area contributed by atoms with Gasteiger partial charge in [-0.3, -0.25) is 4.68 Å². The normalized spacial score (nSPS) is 11.2. The van der Waals surface area contributed by atoms with E-state index in [9.17, 15) is 0 Å². The van der Waals surface area contributed by atoms with Crippen LogP contribution in [-0.2, 0) is 7.05 Å². The second-order valence-corrected chi connectivity index (χ2v) is 6.84. The molecule has 0 fully saturated rings. The van der Waals surface area contributed by atoms with Crippen molar-refractivity contribution in [3.63, 3.8) is 0 Å². The van der Waals surface area contributed by atoms with Crippen molar-refractivity contribution in [3.05, 3.63) is 64.6 Å². The molecule has 3 aromatic rings. The van der Waals surface area contributed by atoms with E-state index in [0.717, 1.165) is 31.2 Å². The van der Waals surface area contributed by atoms with Gasteiger partial charge in [-0.1, -0.05) is 63.2 Å². The summed E-state index contributed by atoms with van der Waals surface area (Å²) < 4.78 is 2.85. The molecule has 0 unspecified atom stereocenters. The molecule has 23 heavy (non-hydrogen) atoms. The van der Waals surface area contributed by atoms with Crippen molar-refractivity contribution in [3.8, 4) is 11.3 Å². The molecule has 0 spiro atoms. The van der Waals surface area contributed by atoms with Crippen LogP contribution < -0.4 is 0 Å². The van der Waals surface area contributed by atoms with Gasteiger partial charge >= 0.3 is 0 Å². The first-order chi connectivity index (χ1) is 11.2. The summed E-state index contributed by atoms with van der Waals surface area (Å²) in [6.45, 7) is 0. The monoisotopic (exact) mass is 387 g/mol. The predicted molar refractivity (Wildman–Crippen MR) is 96.3 cm³/mol. The van der Waals surface area contributed by atoms with E-state index in [4.69, 9.17) is 5.21 Å². The molecule has 6 heteroatoms. The highest BCUT2D eigenvalue weighted by atomic mass is 79.9. The van der Waals surface area contributed by atoms with Crippen LogP contribution in [0.15, 0.2) is 74.1 Å². The Hall–Kier alpha value is -2.05. The molecule has 0 aliphatic rings. The van der Waals surface area contributed by atoms with E-state index in [-0.39, 0.29) is 0 Å². The summed E-state index contributed by atoms with van der Waals surface area (Å²) in [5, 5.41) is 17.8. The van der Waals surface area contributed by atoms with E-state index in [1.807, 2.05) is 66.3 Å². The molecule has 4 nitrogen and oxygen atoms in total. The number of benzene rings is 2. The van der Waals surface area contributed by atoms with Crippen LogP contribution in [0, 0.1) is 0 Å². The average molecular weight is 388 g/mol. The molecule has 0 radical (unpaired) electrons. The molecular weight excluding hydrogens is 374 g/mol. The molecule has 0 saturated heterocycles. The molecular formula is C17H14BrN3OS. The molecule has 0 aliphatic carbocycles. The fourth-order valence-corrected chi connectivity index (χ4v) is 3.44. The highest BCUT2D eigenvalue weighted by Crippen LogP contribution is 2.35. The Labute approximate surface area is 147 Å². The Morgan fingerprint density at radius 2 is 1.83 bits per heavy atom. The van der Waals surface area contributed by atoms with Gasteiger partial charge in [-0.05, 0) is 24.3 Å². The minimum atomic E-state index is 0.797. The lowest BCUT2D eigenvalue weighted by Crippen LogP contribution is -1.93. The number of hydrogen-bond donors (Lipinski definition) is 1. The summed E-state index contributed by atoms with van der Waals surface area (Å²) in [5.74, 6) is 0. The fraction of sp³-hybridized carbons (Fsp3) is 0.0588. The number of aryl methyl sites for hydroxylation is 1. The van der Waals surface area contributed by atoms with Crippen molar-refractivity contribution in [2.45, 2.75) is 9.92 Å². The zero-order valence-corrected chi connectivity index (χ0v) is 14.8. The SMILES string of the molecule is Cn1nc(-c2ccccc2)c(/C=N/O)c1Sc1ccc(Br)cc1. The van der Waals surface area contributed by atoms with Gasteiger partial charge in [0.25, 0.3) is 0 Å². The van der Waals surface area contributed by atoms with Crippen LogP contribution in [0.4, 0.5) is 0 Å². The maximum absolute atomic E-state index is 9.04. The molecule has 0 aliphatic heterocycles. The van der Waals surface area contributed by atoms with Crippen LogP contribution in [0.5, 0.6) is 0 Å². The van der Waals surface area contributed by atoms with Gasteiger partial charge in [0.05, 0.1) is 11.8 Å². The number of rotatable bonds is 4. The van der Waals surface area contributed by atoms with Crippen LogP contribution in [0.2, 0.25) is 0 Å². The molecule has 1 N–H and O–H groups in total. The number of aromatic nitrogens is 2. The third-order valence-electron chi connectivity index (χ3n) is 3.29. The standard InChI is InChI=1S/C17H14BrN3OS/c1-21-17(23-14-9-7-13(18)8-10-14)15(11-19-22)16(20-21)12-5-3-2-4-6-12/h2-11,22H,1H3/b19-11+.